The Balaban J connectivity index is 2.07. The summed E-state index contributed by atoms with van der Waals surface area (Å²) in [6.07, 6.45) is 5.46. The molecule has 0 radical (unpaired) electrons. The molecule has 0 aliphatic rings. The lowest BCUT2D eigenvalue weighted by molar-refractivity contribution is 0.201. The Morgan fingerprint density at radius 2 is 1.91 bits per heavy atom. The van der Waals surface area contributed by atoms with Crippen LogP contribution in [0.15, 0.2) is 43.0 Å². The standard InChI is InChI=1S/C15H13N5O2/c1-9-2-3-17-8-12(9)13-4-10-7-19-14(20(16)15(21)22)5-11(10)6-18-13/h2-8H,16H2,1H3,(H,21,22). The first-order valence-electron chi connectivity index (χ1n) is 6.51. The first-order chi connectivity index (χ1) is 10.6. The van der Waals surface area contributed by atoms with Crippen molar-refractivity contribution in [3.8, 4) is 11.3 Å². The van der Waals surface area contributed by atoms with Crippen molar-refractivity contribution < 1.29 is 9.90 Å². The molecule has 0 fully saturated rings. The van der Waals surface area contributed by atoms with Gasteiger partial charge in [-0.15, -0.1) is 0 Å². The number of amides is 1. The summed E-state index contributed by atoms with van der Waals surface area (Å²) in [5.74, 6) is 5.56. The molecule has 0 saturated carbocycles. The van der Waals surface area contributed by atoms with E-state index in [2.05, 4.69) is 15.0 Å². The summed E-state index contributed by atoms with van der Waals surface area (Å²) in [4.78, 5) is 23.4. The number of anilines is 1. The third-order valence-corrected chi connectivity index (χ3v) is 3.36. The van der Waals surface area contributed by atoms with E-state index in [1.807, 2.05) is 19.1 Å². The Labute approximate surface area is 126 Å². The lowest BCUT2D eigenvalue weighted by Crippen LogP contribution is -2.36. The maximum atomic E-state index is 10.9. The molecule has 7 heteroatoms. The quantitative estimate of drug-likeness (QED) is 0.427. The van der Waals surface area contributed by atoms with Crippen molar-refractivity contribution in [2.75, 3.05) is 5.01 Å². The van der Waals surface area contributed by atoms with Crippen molar-refractivity contribution >= 4 is 22.7 Å². The molecule has 0 unspecified atom stereocenters. The lowest BCUT2D eigenvalue weighted by atomic mass is 10.1. The number of fused-ring (bicyclic) bond motifs is 1. The maximum absolute atomic E-state index is 10.9. The molecule has 7 nitrogen and oxygen atoms in total. The normalized spacial score (nSPS) is 10.6. The van der Waals surface area contributed by atoms with Gasteiger partial charge in [0.15, 0.2) is 5.82 Å². The van der Waals surface area contributed by atoms with E-state index in [0.29, 0.717) is 5.01 Å². The molecule has 0 aliphatic heterocycles. The van der Waals surface area contributed by atoms with Crippen LogP contribution in [0.25, 0.3) is 22.0 Å². The average Bonchev–Trinajstić information content (AvgIpc) is 2.53. The Kier molecular flexibility index (Phi) is 3.40. The van der Waals surface area contributed by atoms with Gasteiger partial charge in [-0.3, -0.25) is 9.97 Å². The van der Waals surface area contributed by atoms with E-state index in [4.69, 9.17) is 10.9 Å². The number of hydrazine groups is 1. The monoisotopic (exact) mass is 295 g/mol. The molecule has 1 amide bonds. The van der Waals surface area contributed by atoms with Crippen LogP contribution in [0.4, 0.5) is 10.6 Å². The number of hydrogen-bond acceptors (Lipinski definition) is 5. The van der Waals surface area contributed by atoms with E-state index in [1.54, 1.807) is 30.9 Å². The van der Waals surface area contributed by atoms with Crippen LogP contribution in [0.1, 0.15) is 5.56 Å². The minimum Gasteiger partial charge on any atom is -0.464 e. The van der Waals surface area contributed by atoms with Gasteiger partial charge in [-0.05, 0) is 30.7 Å². The third kappa shape index (κ3) is 2.45. The Bertz CT molecular complexity index is 865. The Morgan fingerprint density at radius 3 is 2.64 bits per heavy atom. The molecule has 22 heavy (non-hydrogen) atoms. The van der Waals surface area contributed by atoms with Crippen LogP contribution in [0.3, 0.4) is 0 Å². The average molecular weight is 295 g/mol. The SMILES string of the molecule is Cc1ccncc1-c1cc2cnc(N(N)C(=O)O)cc2cn1. The summed E-state index contributed by atoms with van der Waals surface area (Å²) in [7, 11) is 0. The highest BCUT2D eigenvalue weighted by Gasteiger charge is 2.12. The van der Waals surface area contributed by atoms with E-state index in [9.17, 15) is 4.79 Å². The van der Waals surface area contributed by atoms with Crippen LogP contribution in [0.2, 0.25) is 0 Å². The van der Waals surface area contributed by atoms with Gasteiger partial charge in [-0.2, -0.15) is 5.01 Å². The van der Waals surface area contributed by atoms with Crippen molar-refractivity contribution in [1.82, 2.24) is 15.0 Å². The summed E-state index contributed by atoms with van der Waals surface area (Å²) in [6.45, 7) is 1.99. The summed E-state index contributed by atoms with van der Waals surface area (Å²) >= 11 is 0. The van der Waals surface area contributed by atoms with Crippen LogP contribution in [0, 0.1) is 6.92 Å². The molecular weight excluding hydrogens is 282 g/mol. The van der Waals surface area contributed by atoms with Gasteiger partial charge in [0, 0.05) is 41.1 Å². The van der Waals surface area contributed by atoms with Crippen LogP contribution in [0.5, 0.6) is 0 Å². The van der Waals surface area contributed by atoms with Gasteiger partial charge < -0.3 is 5.11 Å². The van der Waals surface area contributed by atoms with Crippen molar-refractivity contribution in [3.63, 3.8) is 0 Å². The smallest absolute Gasteiger partial charge is 0.427 e. The number of carbonyl (C=O) groups is 1. The minimum atomic E-state index is -1.28. The van der Waals surface area contributed by atoms with Crippen LogP contribution in [-0.4, -0.2) is 26.2 Å². The second-order valence-electron chi connectivity index (χ2n) is 4.80. The molecule has 110 valence electrons. The van der Waals surface area contributed by atoms with Gasteiger partial charge in [0.25, 0.3) is 0 Å². The van der Waals surface area contributed by atoms with Gasteiger partial charge >= 0.3 is 6.09 Å². The second kappa shape index (κ2) is 5.38. The van der Waals surface area contributed by atoms with Crippen LogP contribution < -0.4 is 10.9 Å². The van der Waals surface area contributed by atoms with E-state index in [0.717, 1.165) is 27.6 Å². The van der Waals surface area contributed by atoms with Gasteiger partial charge in [-0.25, -0.2) is 15.6 Å². The predicted octanol–water partition coefficient (Wildman–Crippen LogP) is 2.36. The number of aromatic nitrogens is 3. The first kappa shape index (κ1) is 13.9. The minimum absolute atomic E-state index is 0.145. The maximum Gasteiger partial charge on any atom is 0.427 e. The number of nitrogens with two attached hydrogens (primary N) is 1. The second-order valence-corrected chi connectivity index (χ2v) is 4.80. The number of rotatable bonds is 2. The van der Waals surface area contributed by atoms with Gasteiger partial charge in [0.05, 0.1) is 5.69 Å². The van der Waals surface area contributed by atoms with Crippen molar-refractivity contribution in [2.24, 2.45) is 5.84 Å². The third-order valence-electron chi connectivity index (χ3n) is 3.36. The van der Waals surface area contributed by atoms with Gasteiger partial charge in [-0.1, -0.05) is 0 Å². The van der Waals surface area contributed by atoms with Gasteiger partial charge in [0.2, 0.25) is 0 Å². The highest BCUT2D eigenvalue weighted by Crippen LogP contribution is 2.25. The zero-order chi connectivity index (χ0) is 15.7. The molecule has 0 saturated heterocycles. The summed E-state index contributed by atoms with van der Waals surface area (Å²) in [5.41, 5.74) is 2.81. The molecule has 3 N–H and O–H groups in total. The first-order valence-corrected chi connectivity index (χ1v) is 6.51. The molecule has 3 heterocycles. The van der Waals surface area contributed by atoms with Crippen LogP contribution in [-0.2, 0) is 0 Å². The molecule has 3 aromatic heterocycles. The lowest BCUT2D eigenvalue weighted by Gasteiger charge is -2.12. The van der Waals surface area contributed by atoms with E-state index >= 15 is 0 Å². The van der Waals surface area contributed by atoms with E-state index < -0.39 is 6.09 Å². The van der Waals surface area contributed by atoms with Crippen molar-refractivity contribution in [3.05, 3.63) is 48.5 Å². The number of nitrogens with zero attached hydrogens (tertiary/aromatic N) is 4. The number of carboxylic acid groups (broad SMARTS) is 1. The highest BCUT2D eigenvalue weighted by molar-refractivity contribution is 5.90. The molecule has 0 bridgehead atoms. The summed E-state index contributed by atoms with van der Waals surface area (Å²) in [6, 6.07) is 5.38. The largest absolute Gasteiger partial charge is 0.464 e. The molecule has 0 atom stereocenters. The molecular formula is C15H13N5O2. The fourth-order valence-corrected chi connectivity index (χ4v) is 2.14. The predicted molar refractivity (Wildman–Crippen MR) is 82.2 cm³/mol. The Morgan fingerprint density at radius 1 is 1.18 bits per heavy atom. The van der Waals surface area contributed by atoms with Gasteiger partial charge in [0.1, 0.15) is 0 Å². The number of hydrogen-bond donors (Lipinski definition) is 2. The number of aryl methyl sites for hydroxylation is 1. The zero-order valence-corrected chi connectivity index (χ0v) is 11.8. The molecule has 3 rings (SSSR count). The number of pyridine rings is 3. The van der Waals surface area contributed by atoms with Crippen molar-refractivity contribution in [2.45, 2.75) is 6.92 Å². The van der Waals surface area contributed by atoms with Crippen LogP contribution >= 0.6 is 0 Å². The molecule has 3 aromatic rings. The fraction of sp³-hybridized carbons (Fsp3) is 0.0667. The topological polar surface area (TPSA) is 105 Å². The summed E-state index contributed by atoms with van der Waals surface area (Å²) < 4.78 is 0. The van der Waals surface area contributed by atoms with E-state index in [1.165, 1.54) is 0 Å². The van der Waals surface area contributed by atoms with E-state index in [-0.39, 0.29) is 5.82 Å². The van der Waals surface area contributed by atoms with Crippen molar-refractivity contribution in [1.29, 1.82) is 0 Å². The highest BCUT2D eigenvalue weighted by atomic mass is 16.4. The summed E-state index contributed by atoms with van der Waals surface area (Å²) in [5, 5.41) is 11.0. The zero-order valence-electron chi connectivity index (χ0n) is 11.8. The molecule has 0 aromatic carbocycles. The Hall–Kier alpha value is -3.06. The molecule has 0 aliphatic carbocycles. The fourth-order valence-electron chi connectivity index (χ4n) is 2.14. The molecule has 0 spiro atoms.